The van der Waals surface area contributed by atoms with Crippen LogP contribution in [-0.2, 0) is 10.2 Å². The van der Waals surface area contributed by atoms with Crippen LogP contribution in [0.2, 0.25) is 0 Å². The zero-order chi connectivity index (χ0) is 18.7. The highest BCUT2D eigenvalue weighted by Crippen LogP contribution is 2.21. The first-order chi connectivity index (χ1) is 13.2. The summed E-state index contributed by atoms with van der Waals surface area (Å²) in [4.78, 5) is 2.04. The highest BCUT2D eigenvalue weighted by molar-refractivity contribution is 7.86. The van der Waals surface area contributed by atoms with Crippen molar-refractivity contribution in [2.24, 2.45) is 0 Å². The van der Waals surface area contributed by atoms with Crippen LogP contribution in [0.3, 0.4) is 0 Å². The second-order valence-electron chi connectivity index (χ2n) is 6.93. The van der Waals surface area contributed by atoms with Crippen LogP contribution in [0.25, 0.3) is 5.69 Å². The normalized spacial score (nSPS) is 20.5. The van der Waals surface area contributed by atoms with Gasteiger partial charge in [0, 0.05) is 39.3 Å². The van der Waals surface area contributed by atoms with Gasteiger partial charge in [-0.2, -0.15) is 21.7 Å². The maximum absolute atomic E-state index is 13.0. The second kappa shape index (κ2) is 7.91. The van der Waals surface area contributed by atoms with E-state index in [9.17, 15) is 8.42 Å². The van der Waals surface area contributed by atoms with E-state index in [0.29, 0.717) is 45.2 Å². The van der Waals surface area contributed by atoms with Crippen LogP contribution in [0.15, 0.2) is 30.3 Å². The first-order valence-electron chi connectivity index (χ1n) is 9.50. The lowest BCUT2D eigenvalue weighted by Gasteiger charge is -2.36. The van der Waals surface area contributed by atoms with E-state index in [1.54, 1.807) is 13.3 Å². The van der Waals surface area contributed by atoms with Crippen LogP contribution in [0.5, 0.6) is 0 Å². The first-order valence-corrected chi connectivity index (χ1v) is 10.9. The molecule has 0 N–H and O–H groups in total. The van der Waals surface area contributed by atoms with Crippen molar-refractivity contribution in [2.75, 3.05) is 44.2 Å². The van der Waals surface area contributed by atoms with Gasteiger partial charge in [0.05, 0.1) is 5.69 Å². The monoisotopic (exact) mass is 391 g/mol. The van der Waals surface area contributed by atoms with Gasteiger partial charge in [0.25, 0.3) is 10.2 Å². The van der Waals surface area contributed by atoms with Crippen molar-refractivity contribution in [2.45, 2.75) is 25.7 Å². The highest BCUT2D eigenvalue weighted by Gasteiger charge is 2.33. The van der Waals surface area contributed by atoms with Crippen LogP contribution in [0.4, 0.5) is 5.95 Å². The number of hydrogen-bond acceptors (Lipinski definition) is 6. The molecule has 9 nitrogen and oxygen atoms in total. The Morgan fingerprint density at radius 1 is 0.778 bits per heavy atom. The van der Waals surface area contributed by atoms with Crippen molar-refractivity contribution in [3.05, 3.63) is 30.3 Å². The molecular weight excluding hydrogens is 366 g/mol. The van der Waals surface area contributed by atoms with Gasteiger partial charge in [-0.3, -0.25) is 0 Å². The average molecular weight is 392 g/mol. The second-order valence-corrected chi connectivity index (χ2v) is 8.86. The van der Waals surface area contributed by atoms with Crippen LogP contribution in [0.1, 0.15) is 25.7 Å². The van der Waals surface area contributed by atoms with E-state index in [1.165, 1.54) is 0 Å². The Balaban J connectivity index is 1.45. The summed E-state index contributed by atoms with van der Waals surface area (Å²) in [5.41, 5.74) is 0.886. The lowest BCUT2D eigenvalue weighted by Crippen LogP contribution is -2.53. The minimum atomic E-state index is -3.38. The summed E-state index contributed by atoms with van der Waals surface area (Å²) in [5.74, 6) is 0.646. The van der Waals surface area contributed by atoms with Crippen molar-refractivity contribution in [1.82, 2.24) is 28.8 Å². The summed E-state index contributed by atoms with van der Waals surface area (Å²) < 4.78 is 30.9. The number of aromatic nitrogens is 4. The van der Waals surface area contributed by atoms with Crippen LogP contribution in [-0.4, -0.2) is 76.5 Å². The molecule has 146 valence electrons. The molecule has 0 spiro atoms. The Morgan fingerprint density at radius 2 is 1.41 bits per heavy atom. The number of tetrazole rings is 1. The number of anilines is 1. The number of piperazine rings is 1. The fourth-order valence-corrected chi connectivity index (χ4v) is 5.34. The minimum Gasteiger partial charge on any atom is -0.337 e. The third-order valence-electron chi connectivity index (χ3n) is 5.19. The van der Waals surface area contributed by atoms with Gasteiger partial charge in [0.2, 0.25) is 5.95 Å². The van der Waals surface area contributed by atoms with E-state index in [0.717, 1.165) is 31.4 Å². The van der Waals surface area contributed by atoms with Crippen molar-refractivity contribution in [3.63, 3.8) is 0 Å². The third kappa shape index (κ3) is 3.83. The largest absolute Gasteiger partial charge is 0.337 e. The van der Waals surface area contributed by atoms with Gasteiger partial charge in [-0.05, 0) is 35.4 Å². The molecule has 1 aromatic heterocycles. The molecule has 3 heterocycles. The number of hydrogen-bond donors (Lipinski definition) is 0. The summed E-state index contributed by atoms with van der Waals surface area (Å²) in [6, 6.07) is 9.71. The van der Waals surface area contributed by atoms with Crippen molar-refractivity contribution >= 4 is 16.2 Å². The van der Waals surface area contributed by atoms with Crippen molar-refractivity contribution < 1.29 is 8.42 Å². The summed E-state index contributed by atoms with van der Waals surface area (Å²) in [6.07, 6.45) is 4.12. The molecule has 0 aliphatic carbocycles. The summed E-state index contributed by atoms with van der Waals surface area (Å²) in [5, 5.41) is 12.0. The molecule has 0 unspecified atom stereocenters. The van der Waals surface area contributed by atoms with E-state index in [4.69, 9.17) is 0 Å². The number of rotatable bonds is 4. The molecule has 2 saturated heterocycles. The molecule has 10 heteroatoms. The third-order valence-corrected chi connectivity index (χ3v) is 7.23. The number of nitrogens with zero attached hydrogens (tertiary/aromatic N) is 7. The van der Waals surface area contributed by atoms with Crippen LogP contribution < -0.4 is 4.90 Å². The van der Waals surface area contributed by atoms with E-state index < -0.39 is 10.2 Å². The Bertz CT molecular complexity index is 839. The molecule has 0 amide bonds. The molecule has 0 radical (unpaired) electrons. The molecule has 2 aromatic rings. The molecule has 4 rings (SSSR count). The van der Waals surface area contributed by atoms with E-state index in [1.807, 2.05) is 35.2 Å². The molecule has 0 atom stereocenters. The minimum absolute atomic E-state index is 0.445. The Hall–Kier alpha value is -2.04. The Labute approximate surface area is 159 Å². The molecule has 2 fully saturated rings. The molecule has 2 aliphatic rings. The maximum Gasteiger partial charge on any atom is 0.282 e. The standard InChI is InChI=1S/C17H25N7O2S/c25-27(26,22-10-6-1-2-7-11-22)23-14-12-21(13-15-23)17-18-19-20-24(17)16-8-4-3-5-9-16/h3-5,8-9H,1-2,6-7,10-15H2. The van der Waals surface area contributed by atoms with E-state index in [-0.39, 0.29) is 0 Å². The zero-order valence-corrected chi connectivity index (χ0v) is 16.1. The lowest BCUT2D eigenvalue weighted by molar-refractivity contribution is 0.326. The highest BCUT2D eigenvalue weighted by atomic mass is 32.2. The molecular formula is C17H25N7O2S. The maximum atomic E-state index is 13.0. The molecule has 27 heavy (non-hydrogen) atoms. The topological polar surface area (TPSA) is 87.5 Å². The average Bonchev–Trinajstić information content (AvgIpc) is 3.03. The summed E-state index contributed by atoms with van der Waals surface area (Å²) in [6.45, 7) is 3.30. The van der Waals surface area contributed by atoms with Crippen molar-refractivity contribution in [3.8, 4) is 5.69 Å². The van der Waals surface area contributed by atoms with Gasteiger partial charge in [0.1, 0.15) is 0 Å². The molecule has 1 aromatic carbocycles. The SMILES string of the molecule is O=S(=O)(N1CCCCCC1)N1CCN(c2nnnn2-c2ccccc2)CC1. The van der Waals surface area contributed by atoms with Crippen molar-refractivity contribution in [1.29, 1.82) is 0 Å². The Kier molecular flexibility index (Phi) is 5.37. The first kappa shape index (κ1) is 18.3. The molecule has 0 bridgehead atoms. The van der Waals surface area contributed by atoms with E-state index >= 15 is 0 Å². The lowest BCUT2D eigenvalue weighted by atomic mass is 10.2. The fraction of sp³-hybridized carbons (Fsp3) is 0.588. The predicted molar refractivity (Wildman–Crippen MR) is 102 cm³/mol. The number of benzene rings is 1. The number of para-hydroxylation sites is 1. The van der Waals surface area contributed by atoms with Gasteiger partial charge >= 0.3 is 0 Å². The van der Waals surface area contributed by atoms with Gasteiger partial charge in [-0.25, -0.2) is 0 Å². The summed E-state index contributed by atoms with van der Waals surface area (Å²) in [7, 11) is -3.38. The zero-order valence-electron chi connectivity index (χ0n) is 15.3. The van der Waals surface area contributed by atoms with Gasteiger partial charge in [-0.1, -0.05) is 36.1 Å². The van der Waals surface area contributed by atoms with Gasteiger partial charge in [-0.15, -0.1) is 0 Å². The Morgan fingerprint density at radius 3 is 2.07 bits per heavy atom. The quantitative estimate of drug-likeness (QED) is 0.770. The summed E-state index contributed by atoms with van der Waals surface area (Å²) >= 11 is 0. The predicted octanol–water partition coefficient (Wildman–Crippen LogP) is 0.905. The van der Waals surface area contributed by atoms with Gasteiger partial charge < -0.3 is 4.90 Å². The fourth-order valence-electron chi connectivity index (χ4n) is 3.67. The van der Waals surface area contributed by atoms with E-state index in [2.05, 4.69) is 15.5 Å². The van der Waals surface area contributed by atoms with Gasteiger partial charge in [0.15, 0.2) is 0 Å². The van der Waals surface area contributed by atoms with Crippen LogP contribution in [0, 0.1) is 0 Å². The molecule has 0 saturated carbocycles. The van der Waals surface area contributed by atoms with Crippen LogP contribution >= 0.6 is 0 Å². The molecule has 2 aliphatic heterocycles. The smallest absolute Gasteiger partial charge is 0.282 e.